The van der Waals surface area contributed by atoms with Crippen molar-refractivity contribution in [1.82, 2.24) is 24.2 Å². The van der Waals surface area contributed by atoms with Crippen molar-refractivity contribution >= 4 is 22.9 Å². The van der Waals surface area contributed by atoms with Crippen LogP contribution in [0.2, 0.25) is 0 Å². The summed E-state index contributed by atoms with van der Waals surface area (Å²) in [5.41, 5.74) is 4.68. The van der Waals surface area contributed by atoms with E-state index in [1.54, 1.807) is 18.6 Å². The number of nitrogens with zero attached hydrogens (tertiary/aromatic N) is 5. The topological polar surface area (TPSA) is 69.7 Å². The van der Waals surface area contributed by atoms with Crippen LogP contribution in [0.25, 0.3) is 11.0 Å². The van der Waals surface area contributed by atoms with E-state index >= 15 is 0 Å². The molecule has 0 saturated heterocycles. The molecular weight excluding hydrogens is 324 g/mol. The molecule has 0 fully saturated rings. The van der Waals surface area contributed by atoms with Crippen LogP contribution >= 0.6 is 0 Å². The lowest BCUT2D eigenvalue weighted by molar-refractivity contribution is 0.677. The average molecular weight is 339 g/mol. The molecule has 1 atom stereocenters. The van der Waals surface area contributed by atoms with E-state index in [2.05, 4.69) is 29.5 Å². The fourth-order valence-electron chi connectivity index (χ4n) is 3.20. The van der Waals surface area contributed by atoms with Gasteiger partial charge in [-0.3, -0.25) is 4.98 Å². The number of hydrogen-bond donors (Lipinski definition) is 1. The van der Waals surface area contributed by atoms with Crippen molar-refractivity contribution in [1.29, 1.82) is 0 Å². The summed E-state index contributed by atoms with van der Waals surface area (Å²) in [6, 6.07) is 15.6. The molecule has 0 radical (unpaired) electrons. The van der Waals surface area contributed by atoms with Gasteiger partial charge in [-0.1, -0.05) is 16.8 Å². The van der Waals surface area contributed by atoms with Crippen molar-refractivity contribution in [2.45, 2.75) is 6.17 Å². The van der Waals surface area contributed by atoms with E-state index in [9.17, 15) is 0 Å². The van der Waals surface area contributed by atoms with E-state index in [1.165, 1.54) is 0 Å². The van der Waals surface area contributed by atoms with Crippen LogP contribution in [0.3, 0.4) is 0 Å². The van der Waals surface area contributed by atoms with Gasteiger partial charge in [-0.05, 0) is 30.3 Å². The Bertz CT molecular complexity index is 1190. The lowest BCUT2D eigenvalue weighted by Crippen LogP contribution is -2.17. The monoisotopic (exact) mass is 339 g/mol. The third-order valence-corrected chi connectivity index (χ3v) is 4.38. The Labute approximate surface area is 149 Å². The fourth-order valence-corrected chi connectivity index (χ4v) is 3.20. The summed E-state index contributed by atoms with van der Waals surface area (Å²) in [6.45, 7) is 0. The minimum Gasteiger partial charge on any atom is -0.358 e. The van der Waals surface area contributed by atoms with Crippen LogP contribution in [0, 0.1) is 0 Å². The van der Waals surface area contributed by atoms with Gasteiger partial charge in [0.1, 0.15) is 17.4 Å². The van der Waals surface area contributed by atoms with Crippen molar-refractivity contribution in [2.75, 3.05) is 5.32 Å². The van der Waals surface area contributed by atoms with E-state index in [0.717, 1.165) is 33.5 Å². The molecule has 1 aliphatic heterocycles. The SMILES string of the molecule is C(=[N+]=c1ccn2c3c(ccnc13)NC2c1ccccn1)c1ccccn1. The van der Waals surface area contributed by atoms with Crippen molar-refractivity contribution < 1.29 is 0 Å². The van der Waals surface area contributed by atoms with Crippen LogP contribution in [0.5, 0.6) is 0 Å². The second-order valence-electron chi connectivity index (χ2n) is 5.98. The van der Waals surface area contributed by atoms with Crippen LogP contribution in [0.1, 0.15) is 17.6 Å². The molecule has 0 spiro atoms. The van der Waals surface area contributed by atoms with Gasteiger partial charge >= 0.3 is 11.6 Å². The zero-order valence-corrected chi connectivity index (χ0v) is 13.8. The number of nitrogens with one attached hydrogen (secondary N) is 1. The van der Waals surface area contributed by atoms with Gasteiger partial charge in [0.05, 0.1) is 11.4 Å². The predicted octanol–water partition coefficient (Wildman–Crippen LogP) is 1.89. The molecule has 6 heteroatoms. The molecule has 4 aromatic heterocycles. The number of rotatable bonds is 2. The summed E-state index contributed by atoms with van der Waals surface area (Å²) >= 11 is 0. The van der Waals surface area contributed by atoms with Crippen LogP contribution in [-0.2, 0) is 0 Å². The molecule has 124 valence electrons. The lowest BCUT2D eigenvalue weighted by Gasteiger charge is -2.14. The average Bonchev–Trinajstić information content (AvgIpc) is 3.09. The van der Waals surface area contributed by atoms with Crippen molar-refractivity contribution in [3.05, 3.63) is 90.1 Å². The maximum absolute atomic E-state index is 4.61. The van der Waals surface area contributed by atoms with Crippen LogP contribution in [0.4, 0.5) is 5.69 Å². The maximum Gasteiger partial charge on any atom is 0.356 e. The molecule has 6 nitrogen and oxygen atoms in total. The minimum absolute atomic E-state index is 0.0493. The number of anilines is 1. The van der Waals surface area contributed by atoms with E-state index in [4.69, 9.17) is 0 Å². The Hall–Kier alpha value is -3.76. The van der Waals surface area contributed by atoms with Gasteiger partial charge in [0.15, 0.2) is 5.52 Å². The molecule has 26 heavy (non-hydrogen) atoms. The summed E-state index contributed by atoms with van der Waals surface area (Å²) in [7, 11) is 0. The summed E-state index contributed by atoms with van der Waals surface area (Å²) in [5.74, 6) is 0. The summed E-state index contributed by atoms with van der Waals surface area (Å²) in [5, 5.41) is 4.33. The Morgan fingerprint density at radius 3 is 2.62 bits per heavy atom. The molecule has 0 bridgehead atoms. The summed E-state index contributed by atoms with van der Waals surface area (Å²) < 4.78 is 6.76. The first-order valence-corrected chi connectivity index (χ1v) is 8.35. The molecule has 5 rings (SSSR count). The Morgan fingerprint density at radius 2 is 1.81 bits per heavy atom. The highest BCUT2D eigenvalue weighted by atomic mass is 15.2. The molecule has 0 amide bonds. The number of pyridine rings is 4. The highest BCUT2D eigenvalue weighted by Gasteiger charge is 2.26. The summed E-state index contributed by atoms with van der Waals surface area (Å²) in [6.07, 6.45) is 9.10. The van der Waals surface area contributed by atoms with Gasteiger partial charge < -0.3 is 9.88 Å². The van der Waals surface area contributed by atoms with Gasteiger partial charge in [-0.25, -0.2) is 9.97 Å². The first-order chi connectivity index (χ1) is 12.9. The van der Waals surface area contributed by atoms with E-state index in [1.807, 2.05) is 60.9 Å². The van der Waals surface area contributed by atoms with Crippen molar-refractivity contribution in [3.63, 3.8) is 0 Å². The highest BCUT2D eigenvalue weighted by molar-refractivity contribution is 5.90. The third-order valence-electron chi connectivity index (χ3n) is 4.38. The first kappa shape index (κ1) is 14.6. The van der Waals surface area contributed by atoms with Gasteiger partial charge in [0.2, 0.25) is 0 Å². The molecule has 1 N–H and O–H groups in total. The van der Waals surface area contributed by atoms with Gasteiger partial charge in [0, 0.05) is 30.9 Å². The van der Waals surface area contributed by atoms with Crippen molar-refractivity contribution in [2.24, 2.45) is 0 Å². The Kier molecular flexibility index (Phi) is 3.33. The normalized spacial score (nSPS) is 14.7. The smallest absolute Gasteiger partial charge is 0.356 e. The Balaban J connectivity index is 1.71. The minimum atomic E-state index is -0.0493. The molecule has 0 saturated carbocycles. The molecule has 4 aromatic rings. The maximum atomic E-state index is 4.61. The molecular formula is C20H15N6+. The number of aromatic nitrogens is 4. The molecule has 0 aromatic carbocycles. The van der Waals surface area contributed by atoms with Gasteiger partial charge in [-0.15, -0.1) is 0 Å². The molecule has 1 aliphatic rings. The molecule has 5 heterocycles. The van der Waals surface area contributed by atoms with Crippen LogP contribution in [-0.4, -0.2) is 25.7 Å². The van der Waals surface area contributed by atoms with E-state index in [-0.39, 0.29) is 6.17 Å². The van der Waals surface area contributed by atoms with E-state index < -0.39 is 0 Å². The number of hydrogen-bond acceptors (Lipinski definition) is 4. The molecule has 0 aliphatic carbocycles. The van der Waals surface area contributed by atoms with Crippen LogP contribution < -0.4 is 15.3 Å². The quantitative estimate of drug-likeness (QED) is 0.447. The third kappa shape index (κ3) is 2.37. The summed E-state index contributed by atoms with van der Waals surface area (Å²) in [4.78, 5) is 13.3. The van der Waals surface area contributed by atoms with Crippen molar-refractivity contribution in [3.8, 4) is 0 Å². The Morgan fingerprint density at radius 1 is 0.923 bits per heavy atom. The first-order valence-electron chi connectivity index (χ1n) is 8.35. The predicted molar refractivity (Wildman–Crippen MR) is 100 cm³/mol. The molecule has 1 unspecified atom stereocenters. The zero-order valence-electron chi connectivity index (χ0n) is 13.8. The van der Waals surface area contributed by atoms with Gasteiger partial charge in [0.25, 0.3) is 0 Å². The fraction of sp³-hybridized carbons (Fsp3) is 0.0500. The second kappa shape index (κ2) is 5.95. The van der Waals surface area contributed by atoms with Crippen LogP contribution in [0.15, 0.2) is 73.3 Å². The highest BCUT2D eigenvalue weighted by Crippen LogP contribution is 2.33. The lowest BCUT2D eigenvalue weighted by atomic mass is 10.2. The zero-order chi connectivity index (χ0) is 17.3. The van der Waals surface area contributed by atoms with E-state index in [0.29, 0.717) is 0 Å². The second-order valence-corrected chi connectivity index (χ2v) is 5.98. The van der Waals surface area contributed by atoms with Gasteiger partial charge in [-0.2, -0.15) is 0 Å². The largest absolute Gasteiger partial charge is 0.358 e. The standard InChI is InChI=1S/C20H15N6/c1-3-9-21-14(5-1)13-24-15-8-12-26-19-16(7-11-23-18(15)19)25-20(26)17-6-2-4-10-22-17/h1-13,20,25H/q+1.